The van der Waals surface area contributed by atoms with E-state index in [1.807, 2.05) is 6.07 Å². The van der Waals surface area contributed by atoms with Gasteiger partial charge in [-0.3, -0.25) is 19.3 Å². The van der Waals surface area contributed by atoms with Gasteiger partial charge < -0.3 is 4.74 Å². The normalized spacial score (nSPS) is 12.6. The third-order valence-corrected chi connectivity index (χ3v) is 6.25. The van der Waals surface area contributed by atoms with E-state index < -0.39 is 0 Å². The standard InChI is InChI=1S/C22H15BrN2O4S2/c23-14-5-3-6-15(13-14)25(21(28)18-9-4-12-31-18)22(30)29-11-10-24-19(26)16-7-1-2-8-17(16)20(24)27/h1-9,12-13H,10-11H2. The molecule has 2 aromatic carbocycles. The zero-order chi connectivity index (χ0) is 22.0. The number of imide groups is 1. The number of halogens is 1. The molecular weight excluding hydrogens is 500 g/mol. The summed E-state index contributed by atoms with van der Waals surface area (Å²) in [5.74, 6) is -1.05. The van der Waals surface area contributed by atoms with Gasteiger partial charge in [-0.1, -0.05) is 40.2 Å². The maximum absolute atomic E-state index is 13.1. The van der Waals surface area contributed by atoms with Gasteiger partial charge in [0.2, 0.25) is 0 Å². The monoisotopic (exact) mass is 514 g/mol. The van der Waals surface area contributed by atoms with Gasteiger partial charge in [0, 0.05) is 4.47 Å². The summed E-state index contributed by atoms with van der Waals surface area (Å²) in [6, 6.07) is 17.3. The van der Waals surface area contributed by atoms with Crippen molar-refractivity contribution in [2.75, 3.05) is 18.1 Å². The Kier molecular flexibility index (Phi) is 6.26. The molecule has 3 amide bonds. The second-order valence-electron chi connectivity index (χ2n) is 6.52. The molecule has 1 aliphatic heterocycles. The molecule has 0 bridgehead atoms. The van der Waals surface area contributed by atoms with Crippen molar-refractivity contribution in [2.24, 2.45) is 0 Å². The van der Waals surface area contributed by atoms with Crippen molar-refractivity contribution in [3.63, 3.8) is 0 Å². The van der Waals surface area contributed by atoms with Gasteiger partial charge in [0.25, 0.3) is 22.9 Å². The Morgan fingerprint density at radius 2 is 1.74 bits per heavy atom. The zero-order valence-corrected chi connectivity index (χ0v) is 19.2. The minimum atomic E-state index is -0.367. The van der Waals surface area contributed by atoms with E-state index in [1.165, 1.54) is 16.2 Å². The van der Waals surface area contributed by atoms with Crippen LogP contribution in [0.5, 0.6) is 0 Å². The van der Waals surface area contributed by atoms with Crippen LogP contribution in [0.15, 0.2) is 70.5 Å². The highest BCUT2D eigenvalue weighted by Gasteiger charge is 2.35. The summed E-state index contributed by atoms with van der Waals surface area (Å²) in [6.07, 6.45) is 0. The molecule has 0 radical (unpaired) electrons. The minimum absolute atomic E-state index is 0.0198. The van der Waals surface area contributed by atoms with Crippen LogP contribution in [0.3, 0.4) is 0 Å². The second kappa shape index (κ2) is 9.09. The van der Waals surface area contributed by atoms with Gasteiger partial charge in [-0.05, 0) is 54.0 Å². The number of hydrogen-bond acceptors (Lipinski definition) is 6. The van der Waals surface area contributed by atoms with Crippen LogP contribution in [0.4, 0.5) is 5.69 Å². The Hall–Kier alpha value is -2.88. The number of fused-ring (bicyclic) bond motifs is 1. The molecule has 2 heterocycles. The van der Waals surface area contributed by atoms with E-state index in [-0.39, 0.29) is 36.0 Å². The molecule has 0 fully saturated rings. The van der Waals surface area contributed by atoms with Crippen LogP contribution in [0.25, 0.3) is 0 Å². The number of rotatable bonds is 5. The topological polar surface area (TPSA) is 66.9 Å². The average Bonchev–Trinajstić information content (AvgIpc) is 3.38. The number of benzene rings is 2. The van der Waals surface area contributed by atoms with E-state index in [9.17, 15) is 14.4 Å². The number of carbonyl (C=O) groups excluding carboxylic acids is 3. The lowest BCUT2D eigenvalue weighted by molar-refractivity contribution is 0.0627. The van der Waals surface area contributed by atoms with Crippen LogP contribution in [0.1, 0.15) is 30.4 Å². The molecule has 0 saturated carbocycles. The number of nitrogens with zero attached hydrogens (tertiary/aromatic N) is 2. The van der Waals surface area contributed by atoms with Crippen molar-refractivity contribution in [3.05, 3.63) is 86.5 Å². The molecule has 0 aliphatic carbocycles. The molecule has 31 heavy (non-hydrogen) atoms. The molecule has 1 aromatic heterocycles. The molecule has 0 saturated heterocycles. The van der Waals surface area contributed by atoms with Gasteiger partial charge >= 0.3 is 0 Å². The van der Waals surface area contributed by atoms with E-state index in [2.05, 4.69) is 15.9 Å². The number of thiophene rings is 1. The lowest BCUT2D eigenvalue weighted by Gasteiger charge is -2.23. The van der Waals surface area contributed by atoms with Crippen LogP contribution in [-0.2, 0) is 4.74 Å². The van der Waals surface area contributed by atoms with Crippen molar-refractivity contribution in [2.45, 2.75) is 0 Å². The highest BCUT2D eigenvalue weighted by atomic mass is 79.9. The number of thiocarbonyl (C=S) groups is 1. The van der Waals surface area contributed by atoms with E-state index in [1.54, 1.807) is 60.0 Å². The fraction of sp³-hybridized carbons (Fsp3) is 0.0909. The molecule has 4 rings (SSSR count). The fourth-order valence-corrected chi connectivity index (χ4v) is 4.47. The maximum atomic E-state index is 13.1. The summed E-state index contributed by atoms with van der Waals surface area (Å²) < 4.78 is 6.44. The van der Waals surface area contributed by atoms with Crippen molar-refractivity contribution in [1.29, 1.82) is 0 Å². The number of hydrogen-bond donors (Lipinski definition) is 0. The molecule has 0 unspecified atom stereocenters. The molecule has 156 valence electrons. The summed E-state index contributed by atoms with van der Waals surface area (Å²) in [5.41, 5.74) is 1.29. The highest BCUT2D eigenvalue weighted by Crippen LogP contribution is 2.25. The van der Waals surface area contributed by atoms with E-state index in [0.29, 0.717) is 21.7 Å². The predicted octanol–water partition coefficient (Wildman–Crippen LogP) is 4.76. The van der Waals surface area contributed by atoms with Crippen molar-refractivity contribution in [3.8, 4) is 0 Å². The fourth-order valence-electron chi connectivity index (χ4n) is 3.16. The Bertz CT molecular complexity index is 1140. The first-order chi connectivity index (χ1) is 15.0. The highest BCUT2D eigenvalue weighted by molar-refractivity contribution is 9.10. The predicted molar refractivity (Wildman–Crippen MR) is 126 cm³/mol. The lowest BCUT2D eigenvalue weighted by atomic mass is 10.1. The van der Waals surface area contributed by atoms with Crippen molar-refractivity contribution >= 4 is 68.1 Å². The van der Waals surface area contributed by atoms with Crippen LogP contribution >= 0.6 is 39.5 Å². The first kappa shape index (κ1) is 21.4. The van der Waals surface area contributed by atoms with Crippen LogP contribution in [0.2, 0.25) is 0 Å². The third-order valence-electron chi connectivity index (χ3n) is 4.60. The summed E-state index contributed by atoms with van der Waals surface area (Å²) >= 11 is 10.1. The van der Waals surface area contributed by atoms with E-state index in [0.717, 1.165) is 9.37 Å². The van der Waals surface area contributed by atoms with Gasteiger partial charge in [-0.15, -0.1) is 11.3 Å². The Morgan fingerprint density at radius 3 is 2.35 bits per heavy atom. The Morgan fingerprint density at radius 1 is 1.03 bits per heavy atom. The Labute approximate surface area is 196 Å². The molecular formula is C22H15BrN2O4S2. The average molecular weight is 515 g/mol. The van der Waals surface area contributed by atoms with Gasteiger partial charge in [0.05, 0.1) is 28.2 Å². The van der Waals surface area contributed by atoms with Crippen LogP contribution in [0, 0.1) is 0 Å². The number of anilines is 1. The Balaban J connectivity index is 1.48. The van der Waals surface area contributed by atoms with Crippen LogP contribution in [-0.4, -0.2) is 40.9 Å². The molecule has 6 nitrogen and oxygen atoms in total. The van der Waals surface area contributed by atoms with Gasteiger partial charge in [-0.2, -0.15) is 0 Å². The molecule has 0 atom stereocenters. The molecule has 9 heteroatoms. The lowest BCUT2D eigenvalue weighted by Crippen LogP contribution is -2.39. The van der Waals surface area contributed by atoms with Gasteiger partial charge in [0.15, 0.2) is 0 Å². The summed E-state index contributed by atoms with van der Waals surface area (Å²) in [5, 5.41) is 1.74. The van der Waals surface area contributed by atoms with Crippen molar-refractivity contribution in [1.82, 2.24) is 4.90 Å². The van der Waals surface area contributed by atoms with Crippen LogP contribution < -0.4 is 4.90 Å². The smallest absolute Gasteiger partial charge is 0.275 e. The molecule has 0 spiro atoms. The zero-order valence-electron chi connectivity index (χ0n) is 16.0. The molecule has 3 aromatic rings. The minimum Gasteiger partial charge on any atom is -0.468 e. The SMILES string of the molecule is O=C1c2ccccc2C(=O)N1CCOC(=S)N(C(=O)c1cccs1)c1cccc(Br)c1. The van der Waals surface area contributed by atoms with Crippen molar-refractivity contribution < 1.29 is 19.1 Å². The van der Waals surface area contributed by atoms with Gasteiger partial charge in [0.1, 0.15) is 6.61 Å². The van der Waals surface area contributed by atoms with E-state index >= 15 is 0 Å². The molecule has 0 N–H and O–H groups in total. The first-order valence-electron chi connectivity index (χ1n) is 9.23. The number of carbonyl (C=O) groups is 3. The first-order valence-corrected chi connectivity index (χ1v) is 11.3. The summed E-state index contributed by atoms with van der Waals surface area (Å²) in [7, 11) is 0. The summed E-state index contributed by atoms with van der Waals surface area (Å²) in [6.45, 7) is -0.0153. The molecule has 1 aliphatic rings. The third kappa shape index (κ3) is 4.30. The van der Waals surface area contributed by atoms with E-state index in [4.69, 9.17) is 17.0 Å². The van der Waals surface area contributed by atoms with Gasteiger partial charge in [-0.25, -0.2) is 4.90 Å². The largest absolute Gasteiger partial charge is 0.468 e. The maximum Gasteiger partial charge on any atom is 0.275 e. The second-order valence-corrected chi connectivity index (χ2v) is 8.73. The quantitative estimate of drug-likeness (QED) is 0.362. The number of amides is 3. The number of ether oxygens (including phenoxy) is 1. The summed E-state index contributed by atoms with van der Waals surface area (Å²) in [4.78, 5) is 41.0.